The smallest absolute Gasteiger partial charge is 0.282 e. The van der Waals surface area contributed by atoms with Crippen LogP contribution < -0.4 is 0 Å². The number of hydrogen-bond acceptors (Lipinski definition) is 4. The Bertz CT molecular complexity index is 827. The summed E-state index contributed by atoms with van der Waals surface area (Å²) < 4.78 is 59.1. The predicted octanol–water partition coefficient (Wildman–Crippen LogP) is 4.82. The Morgan fingerprint density at radius 2 is 0.750 bits per heavy atom. The molecular weight excluding hydrogens is 400 g/mol. The van der Waals surface area contributed by atoms with Crippen LogP contribution in [0.5, 0.6) is 0 Å². The molecule has 0 spiro atoms. The minimum Gasteiger partial charge on any atom is -0.282 e. The third kappa shape index (κ3) is 9.98. The van der Waals surface area contributed by atoms with E-state index in [4.69, 9.17) is 9.11 Å². The van der Waals surface area contributed by atoms with Gasteiger partial charge in [-0.25, -0.2) is 0 Å². The quantitative estimate of drug-likeness (QED) is 0.664. The normalized spacial score (nSPS) is 14.1. The summed E-state index contributed by atoms with van der Waals surface area (Å²) >= 11 is 0. The van der Waals surface area contributed by atoms with Gasteiger partial charge in [0.1, 0.15) is 0 Å². The first-order chi connectivity index (χ1) is 13.0. The maximum Gasteiger partial charge on any atom is 0.294 e. The number of hydrogen-bond donors (Lipinski definition) is 2. The summed E-state index contributed by atoms with van der Waals surface area (Å²) in [7, 11) is -8.04. The number of rotatable bonds is 2. The summed E-state index contributed by atoms with van der Waals surface area (Å²) in [5, 5.41) is 0. The first kappa shape index (κ1) is 24.3. The van der Waals surface area contributed by atoms with Gasteiger partial charge in [0.25, 0.3) is 20.2 Å². The van der Waals surface area contributed by atoms with Gasteiger partial charge < -0.3 is 0 Å². The van der Waals surface area contributed by atoms with Crippen LogP contribution in [-0.4, -0.2) is 25.9 Å². The van der Waals surface area contributed by atoms with E-state index in [0.29, 0.717) is 0 Å². The molecule has 1 aliphatic carbocycles. The van der Waals surface area contributed by atoms with E-state index in [1.165, 1.54) is 62.8 Å². The van der Waals surface area contributed by atoms with Gasteiger partial charge in [0.05, 0.1) is 9.79 Å². The molecule has 2 N–H and O–H groups in total. The lowest BCUT2D eigenvalue weighted by Crippen LogP contribution is -1.96. The van der Waals surface area contributed by atoms with Crippen LogP contribution in [0.2, 0.25) is 0 Å². The highest BCUT2D eigenvalue weighted by molar-refractivity contribution is 7.86. The van der Waals surface area contributed by atoms with E-state index in [2.05, 4.69) is 0 Å². The molecule has 1 saturated carbocycles. The van der Waals surface area contributed by atoms with Crippen molar-refractivity contribution >= 4 is 20.2 Å². The van der Waals surface area contributed by atoms with Crippen molar-refractivity contribution in [3.63, 3.8) is 0 Å². The Kier molecular flexibility index (Phi) is 9.81. The second kappa shape index (κ2) is 11.3. The van der Waals surface area contributed by atoms with E-state index in [-0.39, 0.29) is 9.79 Å². The van der Waals surface area contributed by atoms with Gasteiger partial charge in [-0.05, 0) is 38.1 Å². The van der Waals surface area contributed by atoms with Crippen molar-refractivity contribution in [2.75, 3.05) is 0 Å². The molecule has 0 saturated heterocycles. The highest BCUT2D eigenvalue weighted by Gasteiger charge is 2.07. The second-order valence-electron chi connectivity index (χ2n) is 6.70. The second-order valence-corrected chi connectivity index (χ2v) is 9.54. The van der Waals surface area contributed by atoms with Crippen LogP contribution in [0.25, 0.3) is 0 Å². The van der Waals surface area contributed by atoms with Crippen molar-refractivity contribution in [3.05, 3.63) is 59.7 Å². The molecule has 8 heteroatoms. The lowest BCUT2D eigenvalue weighted by molar-refractivity contribution is 0.481. The molecule has 0 aromatic heterocycles. The molecule has 0 heterocycles. The zero-order valence-corrected chi connectivity index (χ0v) is 17.8. The van der Waals surface area contributed by atoms with Gasteiger partial charge in [-0.1, -0.05) is 73.9 Å². The molecule has 2 aromatic rings. The molecule has 1 aliphatic rings. The summed E-state index contributed by atoms with van der Waals surface area (Å²) in [5.74, 6) is 0. The van der Waals surface area contributed by atoms with E-state index in [9.17, 15) is 16.8 Å². The lowest BCUT2D eigenvalue weighted by atomic mass is 10.0. The van der Waals surface area contributed by atoms with Gasteiger partial charge in [0.2, 0.25) is 0 Å². The highest BCUT2D eigenvalue weighted by Crippen LogP contribution is 2.15. The van der Waals surface area contributed by atoms with E-state index in [1.807, 2.05) is 13.8 Å². The fraction of sp³-hybridized carbons (Fsp3) is 0.400. The first-order valence-corrected chi connectivity index (χ1v) is 12.0. The monoisotopic (exact) mass is 428 g/mol. The molecule has 0 unspecified atom stereocenters. The molecule has 156 valence electrons. The Morgan fingerprint density at radius 1 is 0.536 bits per heavy atom. The standard InChI is InChI=1S/2C7H8O3S.C6H12/c2*1-6-2-4-7(5-3-6)11(8,9)10;1-2-4-6-5-3-1/h2*2-5H,1H3,(H,8,9,10);1-6H2. The molecule has 0 amide bonds. The predicted molar refractivity (Wildman–Crippen MR) is 110 cm³/mol. The Morgan fingerprint density at radius 3 is 0.929 bits per heavy atom. The van der Waals surface area contributed by atoms with Gasteiger partial charge in [0, 0.05) is 0 Å². The molecule has 0 atom stereocenters. The van der Waals surface area contributed by atoms with Gasteiger partial charge in [-0.2, -0.15) is 16.8 Å². The van der Waals surface area contributed by atoms with E-state index < -0.39 is 20.2 Å². The lowest BCUT2D eigenvalue weighted by Gasteiger charge is -2.05. The van der Waals surface area contributed by atoms with Crippen LogP contribution >= 0.6 is 0 Å². The van der Waals surface area contributed by atoms with Crippen molar-refractivity contribution in [1.29, 1.82) is 0 Å². The number of benzene rings is 2. The molecule has 0 radical (unpaired) electrons. The minimum atomic E-state index is -4.02. The highest BCUT2D eigenvalue weighted by atomic mass is 32.2. The van der Waals surface area contributed by atoms with Crippen LogP contribution in [-0.2, 0) is 20.2 Å². The Balaban J connectivity index is 0.000000219. The molecule has 2 aromatic carbocycles. The molecule has 3 rings (SSSR count). The Labute approximate surface area is 168 Å². The fourth-order valence-corrected chi connectivity index (χ4v) is 3.44. The molecule has 0 aliphatic heterocycles. The van der Waals surface area contributed by atoms with E-state index >= 15 is 0 Å². The molecule has 28 heavy (non-hydrogen) atoms. The van der Waals surface area contributed by atoms with Crippen LogP contribution in [0.15, 0.2) is 58.3 Å². The van der Waals surface area contributed by atoms with Crippen molar-refractivity contribution < 1.29 is 25.9 Å². The molecule has 6 nitrogen and oxygen atoms in total. The summed E-state index contributed by atoms with van der Waals surface area (Å²) in [6.45, 7) is 3.68. The van der Waals surface area contributed by atoms with Crippen molar-refractivity contribution in [1.82, 2.24) is 0 Å². The summed E-state index contributed by atoms with van der Waals surface area (Å²) in [4.78, 5) is -0.133. The van der Waals surface area contributed by atoms with Gasteiger partial charge in [-0.15, -0.1) is 0 Å². The zero-order valence-electron chi connectivity index (χ0n) is 16.2. The average molecular weight is 429 g/mol. The minimum absolute atomic E-state index is 0.0666. The Hall–Kier alpha value is -1.74. The van der Waals surface area contributed by atoms with Crippen LogP contribution in [0, 0.1) is 13.8 Å². The van der Waals surface area contributed by atoms with Gasteiger partial charge in [0.15, 0.2) is 0 Å². The van der Waals surface area contributed by atoms with Gasteiger partial charge >= 0.3 is 0 Å². The van der Waals surface area contributed by atoms with Crippen molar-refractivity contribution in [2.45, 2.75) is 62.2 Å². The maximum absolute atomic E-state index is 10.5. The van der Waals surface area contributed by atoms with Crippen LogP contribution in [0.3, 0.4) is 0 Å². The van der Waals surface area contributed by atoms with Crippen molar-refractivity contribution in [3.8, 4) is 0 Å². The summed E-state index contributed by atoms with van der Waals surface area (Å²) in [5.41, 5.74) is 1.91. The van der Waals surface area contributed by atoms with Crippen LogP contribution in [0.4, 0.5) is 0 Å². The summed E-state index contributed by atoms with van der Waals surface area (Å²) in [6, 6.07) is 12.0. The third-order valence-electron chi connectivity index (χ3n) is 4.14. The first-order valence-electron chi connectivity index (χ1n) is 9.08. The number of aryl methyl sites for hydroxylation is 2. The zero-order chi connectivity index (χ0) is 21.2. The molecule has 0 bridgehead atoms. The van der Waals surface area contributed by atoms with E-state index in [1.54, 1.807) is 24.3 Å². The van der Waals surface area contributed by atoms with Gasteiger partial charge in [-0.3, -0.25) is 9.11 Å². The third-order valence-corrected chi connectivity index (χ3v) is 5.87. The largest absolute Gasteiger partial charge is 0.294 e. The molecule has 1 fully saturated rings. The summed E-state index contributed by atoms with van der Waals surface area (Å²) in [6.07, 6.45) is 9.00. The fourth-order valence-electron chi connectivity index (χ4n) is 2.48. The topological polar surface area (TPSA) is 109 Å². The van der Waals surface area contributed by atoms with Crippen molar-refractivity contribution in [2.24, 2.45) is 0 Å². The maximum atomic E-state index is 10.5. The van der Waals surface area contributed by atoms with Crippen LogP contribution in [0.1, 0.15) is 49.7 Å². The van der Waals surface area contributed by atoms with E-state index in [0.717, 1.165) is 11.1 Å². The average Bonchev–Trinajstić information content (AvgIpc) is 2.63. The SMILES string of the molecule is C1CCCCC1.Cc1ccc(S(=O)(=O)O)cc1.Cc1ccc(S(=O)(=O)O)cc1. The molecular formula is C20H28O6S2.